The Morgan fingerprint density at radius 1 is 1.30 bits per heavy atom. The first-order valence-electron chi connectivity index (χ1n) is 6.82. The van der Waals surface area contributed by atoms with Crippen molar-refractivity contribution in [3.8, 4) is 11.5 Å². The Labute approximate surface area is 118 Å². The van der Waals surface area contributed by atoms with Crippen molar-refractivity contribution in [3.63, 3.8) is 0 Å². The molecule has 0 saturated heterocycles. The summed E-state index contributed by atoms with van der Waals surface area (Å²) in [6, 6.07) is 8.23. The lowest BCUT2D eigenvalue weighted by Crippen LogP contribution is -2.23. The molecule has 1 atom stereocenters. The molecule has 0 saturated carbocycles. The SMILES string of the molecule is CNC(Cc1ccn(C)n1)c1cccc2c1OCCO2. The Morgan fingerprint density at radius 2 is 2.15 bits per heavy atom. The fourth-order valence-corrected chi connectivity index (χ4v) is 2.52. The normalized spacial score (nSPS) is 15.1. The molecule has 0 amide bonds. The molecular weight excluding hydrogens is 254 g/mol. The highest BCUT2D eigenvalue weighted by atomic mass is 16.6. The minimum absolute atomic E-state index is 0.154. The average Bonchev–Trinajstić information content (AvgIpc) is 2.89. The molecule has 1 N–H and O–H groups in total. The van der Waals surface area contributed by atoms with Crippen LogP contribution in [0, 0.1) is 0 Å². The van der Waals surface area contributed by atoms with Gasteiger partial charge in [-0.1, -0.05) is 12.1 Å². The summed E-state index contributed by atoms with van der Waals surface area (Å²) in [6.07, 6.45) is 2.78. The van der Waals surface area contributed by atoms with Crippen molar-refractivity contribution in [2.24, 2.45) is 7.05 Å². The molecule has 3 rings (SSSR count). The molecule has 0 spiro atoms. The standard InChI is InChI=1S/C15H19N3O2/c1-16-13(10-11-6-7-18(2)17-11)12-4-3-5-14-15(12)20-9-8-19-14/h3-7,13,16H,8-10H2,1-2H3. The maximum Gasteiger partial charge on any atom is 0.166 e. The first kappa shape index (κ1) is 13.0. The molecule has 20 heavy (non-hydrogen) atoms. The van der Waals surface area contributed by atoms with E-state index >= 15 is 0 Å². The Hall–Kier alpha value is -2.01. The van der Waals surface area contributed by atoms with E-state index in [4.69, 9.17) is 9.47 Å². The number of likely N-dealkylation sites (N-methyl/N-ethyl adjacent to an activating group) is 1. The van der Waals surface area contributed by atoms with Crippen molar-refractivity contribution < 1.29 is 9.47 Å². The summed E-state index contributed by atoms with van der Waals surface area (Å²) in [5.74, 6) is 1.68. The summed E-state index contributed by atoms with van der Waals surface area (Å²) >= 11 is 0. The van der Waals surface area contributed by atoms with Crippen LogP contribution in [-0.2, 0) is 13.5 Å². The zero-order valence-corrected chi connectivity index (χ0v) is 11.8. The highest BCUT2D eigenvalue weighted by molar-refractivity contribution is 5.49. The fraction of sp³-hybridized carbons (Fsp3) is 0.400. The number of hydrogen-bond acceptors (Lipinski definition) is 4. The van der Waals surface area contributed by atoms with E-state index in [0.717, 1.165) is 29.2 Å². The Kier molecular flexibility index (Phi) is 3.60. The number of para-hydroxylation sites is 1. The molecule has 106 valence electrons. The third-order valence-electron chi connectivity index (χ3n) is 3.50. The topological polar surface area (TPSA) is 48.3 Å². The largest absolute Gasteiger partial charge is 0.486 e. The van der Waals surface area contributed by atoms with Gasteiger partial charge in [0.25, 0.3) is 0 Å². The van der Waals surface area contributed by atoms with E-state index in [-0.39, 0.29) is 6.04 Å². The maximum atomic E-state index is 5.79. The molecule has 1 aromatic carbocycles. The number of rotatable bonds is 4. The van der Waals surface area contributed by atoms with E-state index < -0.39 is 0 Å². The van der Waals surface area contributed by atoms with Crippen LogP contribution in [0.25, 0.3) is 0 Å². The molecule has 5 nitrogen and oxygen atoms in total. The number of aryl methyl sites for hydroxylation is 1. The van der Waals surface area contributed by atoms with E-state index in [0.29, 0.717) is 13.2 Å². The van der Waals surface area contributed by atoms with Gasteiger partial charge in [0, 0.05) is 31.3 Å². The van der Waals surface area contributed by atoms with Gasteiger partial charge in [0.05, 0.1) is 5.69 Å². The number of nitrogens with one attached hydrogen (secondary N) is 1. The second-order valence-corrected chi connectivity index (χ2v) is 4.90. The van der Waals surface area contributed by atoms with Gasteiger partial charge >= 0.3 is 0 Å². The Balaban J connectivity index is 1.89. The third-order valence-corrected chi connectivity index (χ3v) is 3.50. The van der Waals surface area contributed by atoms with Crippen molar-refractivity contribution in [1.82, 2.24) is 15.1 Å². The van der Waals surface area contributed by atoms with Crippen molar-refractivity contribution >= 4 is 0 Å². The van der Waals surface area contributed by atoms with Crippen molar-refractivity contribution in [2.75, 3.05) is 20.3 Å². The van der Waals surface area contributed by atoms with Crippen LogP contribution in [0.1, 0.15) is 17.3 Å². The van der Waals surface area contributed by atoms with Gasteiger partial charge in [0.15, 0.2) is 11.5 Å². The summed E-state index contributed by atoms with van der Waals surface area (Å²) in [6.45, 7) is 1.21. The van der Waals surface area contributed by atoms with Crippen LogP contribution in [-0.4, -0.2) is 30.0 Å². The molecule has 0 aliphatic carbocycles. The monoisotopic (exact) mass is 273 g/mol. The van der Waals surface area contributed by atoms with Crippen LogP contribution < -0.4 is 14.8 Å². The lowest BCUT2D eigenvalue weighted by molar-refractivity contribution is 0.168. The van der Waals surface area contributed by atoms with Crippen LogP contribution >= 0.6 is 0 Å². The summed E-state index contributed by atoms with van der Waals surface area (Å²) < 4.78 is 13.3. The van der Waals surface area contributed by atoms with Crippen molar-refractivity contribution in [1.29, 1.82) is 0 Å². The minimum atomic E-state index is 0.154. The predicted octanol–water partition coefficient (Wildman–Crippen LogP) is 1.69. The fourth-order valence-electron chi connectivity index (χ4n) is 2.52. The second-order valence-electron chi connectivity index (χ2n) is 4.90. The molecule has 1 aromatic heterocycles. The highest BCUT2D eigenvalue weighted by Crippen LogP contribution is 2.37. The number of aromatic nitrogens is 2. The van der Waals surface area contributed by atoms with Crippen LogP contribution in [0.15, 0.2) is 30.5 Å². The number of hydrogen-bond donors (Lipinski definition) is 1. The third kappa shape index (κ3) is 2.49. The summed E-state index contributed by atoms with van der Waals surface area (Å²) in [5, 5.41) is 7.78. The van der Waals surface area contributed by atoms with Crippen molar-refractivity contribution in [3.05, 3.63) is 41.7 Å². The van der Waals surface area contributed by atoms with Gasteiger partial charge in [-0.05, 0) is 19.2 Å². The molecule has 0 bridgehead atoms. The van der Waals surface area contributed by atoms with Crippen molar-refractivity contribution in [2.45, 2.75) is 12.5 Å². The second kappa shape index (κ2) is 5.54. The molecule has 2 heterocycles. The van der Waals surface area contributed by atoms with E-state index in [1.54, 1.807) is 0 Å². The zero-order chi connectivity index (χ0) is 13.9. The van der Waals surface area contributed by atoms with Gasteiger partial charge in [-0.15, -0.1) is 0 Å². The molecule has 0 radical (unpaired) electrons. The Bertz CT molecular complexity index is 595. The van der Waals surface area contributed by atoms with E-state index in [2.05, 4.69) is 16.5 Å². The molecule has 5 heteroatoms. The average molecular weight is 273 g/mol. The lowest BCUT2D eigenvalue weighted by Gasteiger charge is -2.24. The predicted molar refractivity (Wildman–Crippen MR) is 76.1 cm³/mol. The van der Waals surface area contributed by atoms with Crippen LogP contribution in [0.5, 0.6) is 11.5 Å². The molecule has 2 aromatic rings. The molecular formula is C15H19N3O2. The lowest BCUT2D eigenvalue weighted by atomic mass is 10.0. The van der Waals surface area contributed by atoms with E-state index in [9.17, 15) is 0 Å². The summed E-state index contributed by atoms with van der Waals surface area (Å²) in [5.41, 5.74) is 2.18. The van der Waals surface area contributed by atoms with E-state index in [1.165, 1.54) is 0 Å². The van der Waals surface area contributed by atoms with Gasteiger partial charge in [0.1, 0.15) is 13.2 Å². The van der Waals surface area contributed by atoms with Gasteiger partial charge in [-0.3, -0.25) is 4.68 Å². The summed E-state index contributed by atoms with van der Waals surface area (Å²) in [7, 11) is 3.88. The van der Waals surface area contributed by atoms with Crippen LogP contribution in [0.3, 0.4) is 0 Å². The van der Waals surface area contributed by atoms with Gasteiger partial charge in [-0.25, -0.2) is 0 Å². The number of fused-ring (bicyclic) bond motifs is 1. The number of benzene rings is 1. The quantitative estimate of drug-likeness (QED) is 0.921. The van der Waals surface area contributed by atoms with Gasteiger partial charge in [-0.2, -0.15) is 5.10 Å². The first-order chi connectivity index (χ1) is 9.78. The molecule has 1 aliphatic heterocycles. The molecule has 0 fully saturated rings. The maximum absolute atomic E-state index is 5.79. The van der Waals surface area contributed by atoms with E-state index in [1.807, 2.05) is 43.2 Å². The van der Waals surface area contributed by atoms with Gasteiger partial charge < -0.3 is 14.8 Å². The number of nitrogens with zero attached hydrogens (tertiary/aromatic N) is 2. The van der Waals surface area contributed by atoms with Crippen LogP contribution in [0.4, 0.5) is 0 Å². The first-order valence-corrected chi connectivity index (χ1v) is 6.82. The Morgan fingerprint density at radius 3 is 2.90 bits per heavy atom. The minimum Gasteiger partial charge on any atom is -0.486 e. The zero-order valence-electron chi connectivity index (χ0n) is 11.8. The number of ether oxygens (including phenoxy) is 2. The van der Waals surface area contributed by atoms with Gasteiger partial charge in [0.2, 0.25) is 0 Å². The highest BCUT2D eigenvalue weighted by Gasteiger charge is 2.21. The summed E-state index contributed by atoms with van der Waals surface area (Å²) in [4.78, 5) is 0. The van der Waals surface area contributed by atoms with Crippen LogP contribution in [0.2, 0.25) is 0 Å². The molecule has 1 aliphatic rings. The molecule has 1 unspecified atom stereocenters. The smallest absolute Gasteiger partial charge is 0.166 e.